The van der Waals surface area contributed by atoms with Crippen LogP contribution in [0, 0.1) is 5.82 Å². The molecule has 1 saturated heterocycles. The van der Waals surface area contributed by atoms with E-state index in [1.165, 1.54) is 6.07 Å². The number of benzene rings is 2. The van der Waals surface area contributed by atoms with E-state index < -0.39 is 0 Å². The van der Waals surface area contributed by atoms with Gasteiger partial charge in [0.25, 0.3) is 0 Å². The van der Waals surface area contributed by atoms with Gasteiger partial charge in [-0.05, 0) is 69.8 Å². The molecule has 0 aliphatic carbocycles. The molecule has 4 aromatic rings. The molecule has 0 N–H and O–H groups in total. The maximum Gasteiger partial charge on any atom is 0.232 e. The van der Waals surface area contributed by atoms with Gasteiger partial charge in [0.05, 0.1) is 36.0 Å². The van der Waals surface area contributed by atoms with E-state index in [2.05, 4.69) is 38.8 Å². The molecule has 0 saturated carbocycles. The molecule has 5 rings (SSSR count). The third-order valence-corrected chi connectivity index (χ3v) is 6.18. The predicted octanol–water partition coefficient (Wildman–Crippen LogP) is 4.03. The second kappa shape index (κ2) is 9.75. The Balaban J connectivity index is 1.47. The molecule has 2 atom stereocenters. The average molecular weight is 479 g/mol. The molecule has 35 heavy (non-hydrogen) atoms. The van der Waals surface area contributed by atoms with Gasteiger partial charge in [0.1, 0.15) is 0 Å². The van der Waals surface area contributed by atoms with Gasteiger partial charge in [0.15, 0.2) is 17.2 Å². The first-order chi connectivity index (χ1) is 16.9. The maximum atomic E-state index is 14.8. The number of fused-ring (bicyclic) bond motifs is 3. The SMILES string of the molecule is C[C@@H]1CN(c2nnc3cnc4ccc(-c5ccc(OCCCN(C)C)c(F)c5)cc4n23)C[C@H](C)O1. The van der Waals surface area contributed by atoms with Gasteiger partial charge in [0.2, 0.25) is 5.95 Å². The first-order valence-electron chi connectivity index (χ1n) is 12.0. The summed E-state index contributed by atoms with van der Waals surface area (Å²) < 4.78 is 28.4. The van der Waals surface area contributed by atoms with Crippen molar-refractivity contribution in [1.29, 1.82) is 0 Å². The topological polar surface area (TPSA) is 68.0 Å². The van der Waals surface area contributed by atoms with Crippen LogP contribution in [0.3, 0.4) is 0 Å². The van der Waals surface area contributed by atoms with Gasteiger partial charge in [0, 0.05) is 19.6 Å². The van der Waals surface area contributed by atoms with E-state index in [9.17, 15) is 4.39 Å². The van der Waals surface area contributed by atoms with Crippen LogP contribution < -0.4 is 9.64 Å². The molecule has 9 heteroatoms. The van der Waals surface area contributed by atoms with E-state index in [1.807, 2.05) is 42.8 Å². The van der Waals surface area contributed by atoms with E-state index in [-0.39, 0.29) is 23.8 Å². The molecule has 0 unspecified atom stereocenters. The number of ether oxygens (including phenoxy) is 2. The van der Waals surface area contributed by atoms with Crippen LogP contribution in [0.25, 0.3) is 27.8 Å². The minimum absolute atomic E-state index is 0.0985. The summed E-state index contributed by atoms with van der Waals surface area (Å²) >= 11 is 0. The summed E-state index contributed by atoms with van der Waals surface area (Å²) in [6.45, 7) is 6.96. The highest BCUT2D eigenvalue weighted by Crippen LogP contribution is 2.30. The van der Waals surface area contributed by atoms with Gasteiger partial charge in [-0.3, -0.25) is 9.38 Å². The molecule has 1 aliphatic heterocycles. The van der Waals surface area contributed by atoms with Crippen LogP contribution in [0.1, 0.15) is 20.3 Å². The lowest BCUT2D eigenvalue weighted by Crippen LogP contribution is -2.46. The third-order valence-electron chi connectivity index (χ3n) is 6.18. The average Bonchev–Trinajstić information content (AvgIpc) is 3.26. The van der Waals surface area contributed by atoms with Gasteiger partial charge in [-0.1, -0.05) is 12.1 Å². The summed E-state index contributed by atoms with van der Waals surface area (Å²) in [4.78, 5) is 8.83. The Bertz CT molecular complexity index is 1330. The van der Waals surface area contributed by atoms with Crippen molar-refractivity contribution in [3.63, 3.8) is 0 Å². The summed E-state index contributed by atoms with van der Waals surface area (Å²) in [5, 5.41) is 8.83. The highest BCUT2D eigenvalue weighted by Gasteiger charge is 2.26. The van der Waals surface area contributed by atoms with E-state index in [0.29, 0.717) is 12.3 Å². The fraction of sp³-hybridized carbons (Fsp3) is 0.423. The van der Waals surface area contributed by atoms with Crippen molar-refractivity contribution in [3.05, 3.63) is 48.4 Å². The number of nitrogens with zero attached hydrogens (tertiary/aromatic N) is 6. The van der Waals surface area contributed by atoms with Gasteiger partial charge < -0.3 is 19.3 Å². The Labute approximate surface area is 204 Å². The van der Waals surface area contributed by atoms with E-state index in [4.69, 9.17) is 9.47 Å². The molecule has 2 aromatic carbocycles. The summed E-state index contributed by atoms with van der Waals surface area (Å²) in [7, 11) is 4.01. The highest BCUT2D eigenvalue weighted by atomic mass is 19.1. The number of hydrogen-bond acceptors (Lipinski definition) is 7. The largest absolute Gasteiger partial charge is 0.490 e. The van der Waals surface area contributed by atoms with Gasteiger partial charge >= 0.3 is 0 Å². The van der Waals surface area contributed by atoms with Crippen molar-refractivity contribution in [2.24, 2.45) is 0 Å². The standard InChI is InChI=1S/C26H31FN6O2/c1-17-15-32(16-18(2)35-17)26-30-29-25-14-28-22-8-6-20(13-23(22)33(25)26)19-7-9-24(21(27)12-19)34-11-5-10-31(3)4/h6-9,12-14,17-18H,5,10-11,15-16H2,1-4H3/t17-,18+. The first kappa shape index (κ1) is 23.4. The lowest BCUT2D eigenvalue weighted by molar-refractivity contribution is -0.00575. The third kappa shape index (κ3) is 4.92. The second-order valence-electron chi connectivity index (χ2n) is 9.47. The van der Waals surface area contributed by atoms with Crippen LogP contribution in [-0.4, -0.2) is 77.0 Å². The summed E-state index contributed by atoms with van der Waals surface area (Å²) in [5.41, 5.74) is 4.01. The van der Waals surface area contributed by atoms with Crippen molar-refractivity contribution in [1.82, 2.24) is 24.5 Å². The molecule has 0 spiro atoms. The van der Waals surface area contributed by atoms with E-state index in [1.54, 1.807) is 12.3 Å². The fourth-order valence-electron chi connectivity index (χ4n) is 4.63. The van der Waals surface area contributed by atoms with Crippen molar-refractivity contribution in [2.75, 3.05) is 45.2 Å². The zero-order valence-corrected chi connectivity index (χ0v) is 20.6. The zero-order valence-electron chi connectivity index (χ0n) is 20.6. The second-order valence-corrected chi connectivity index (χ2v) is 9.47. The quantitative estimate of drug-likeness (QED) is 0.372. The molecule has 0 bridgehead atoms. The normalized spacial score (nSPS) is 18.6. The van der Waals surface area contributed by atoms with Crippen molar-refractivity contribution >= 4 is 22.6 Å². The Kier molecular flexibility index (Phi) is 6.53. The molecule has 2 aromatic heterocycles. The predicted molar refractivity (Wildman–Crippen MR) is 135 cm³/mol. The maximum absolute atomic E-state index is 14.8. The zero-order chi connectivity index (χ0) is 24.5. The molecule has 1 aliphatic rings. The highest BCUT2D eigenvalue weighted by molar-refractivity contribution is 5.84. The van der Waals surface area contributed by atoms with E-state index in [0.717, 1.165) is 54.2 Å². The Morgan fingerprint density at radius 3 is 2.54 bits per heavy atom. The Morgan fingerprint density at radius 2 is 1.80 bits per heavy atom. The molecule has 0 radical (unpaired) electrons. The van der Waals surface area contributed by atoms with Crippen LogP contribution >= 0.6 is 0 Å². The van der Waals surface area contributed by atoms with Crippen LogP contribution in [0.5, 0.6) is 5.75 Å². The number of morpholine rings is 1. The van der Waals surface area contributed by atoms with Gasteiger partial charge in [-0.15, -0.1) is 10.2 Å². The van der Waals surface area contributed by atoms with Crippen LogP contribution in [0.2, 0.25) is 0 Å². The fourth-order valence-corrected chi connectivity index (χ4v) is 4.63. The van der Waals surface area contributed by atoms with Gasteiger partial charge in [-0.2, -0.15) is 0 Å². The van der Waals surface area contributed by atoms with E-state index >= 15 is 0 Å². The van der Waals surface area contributed by atoms with Crippen molar-refractivity contribution in [3.8, 4) is 16.9 Å². The molecule has 8 nitrogen and oxygen atoms in total. The summed E-state index contributed by atoms with van der Waals surface area (Å²) in [6.07, 6.45) is 2.76. The monoisotopic (exact) mass is 478 g/mol. The minimum Gasteiger partial charge on any atom is -0.490 e. The number of hydrogen-bond donors (Lipinski definition) is 0. The number of aromatic nitrogens is 4. The molecule has 3 heterocycles. The van der Waals surface area contributed by atoms with Crippen LogP contribution in [0.4, 0.5) is 10.3 Å². The lowest BCUT2D eigenvalue weighted by Gasteiger charge is -2.35. The van der Waals surface area contributed by atoms with Gasteiger partial charge in [-0.25, -0.2) is 4.39 Å². The van der Waals surface area contributed by atoms with Crippen molar-refractivity contribution < 1.29 is 13.9 Å². The molecule has 184 valence electrons. The summed E-state index contributed by atoms with van der Waals surface area (Å²) in [5.74, 6) is 0.665. The summed E-state index contributed by atoms with van der Waals surface area (Å²) in [6, 6.07) is 11.0. The van der Waals surface area contributed by atoms with Crippen molar-refractivity contribution in [2.45, 2.75) is 32.5 Å². The first-order valence-corrected chi connectivity index (χ1v) is 12.0. The minimum atomic E-state index is -0.370. The van der Waals surface area contributed by atoms with Crippen LogP contribution in [-0.2, 0) is 4.74 Å². The molecular formula is C26H31FN6O2. The van der Waals surface area contributed by atoms with Crippen LogP contribution in [0.15, 0.2) is 42.6 Å². The Hall–Kier alpha value is -3.30. The molecule has 0 amide bonds. The molecule has 1 fully saturated rings. The smallest absolute Gasteiger partial charge is 0.232 e. The number of rotatable bonds is 7. The number of anilines is 1. The Morgan fingerprint density at radius 1 is 1.06 bits per heavy atom. The molecular weight excluding hydrogens is 447 g/mol. The number of halogens is 1. The lowest BCUT2D eigenvalue weighted by atomic mass is 10.0.